The molecular formula is C17H22O. The Morgan fingerprint density at radius 2 is 1.11 bits per heavy atom. The molecule has 11 bridgehead atoms. The first-order valence-corrected chi connectivity index (χ1v) is 8.51. The highest BCUT2D eigenvalue weighted by Crippen LogP contribution is 2.81. The smallest absolute Gasteiger partial charge is 0.0641 e. The summed E-state index contributed by atoms with van der Waals surface area (Å²) in [6, 6.07) is 0. The Morgan fingerprint density at radius 3 is 1.56 bits per heavy atom. The minimum atomic E-state index is 0.733. The summed E-state index contributed by atoms with van der Waals surface area (Å²) in [6.45, 7) is 0. The second kappa shape index (κ2) is 2.34. The largest absolute Gasteiger partial charge is 0.374 e. The number of rotatable bonds is 0. The van der Waals surface area contributed by atoms with E-state index >= 15 is 0 Å². The average molecular weight is 242 g/mol. The molecule has 8 saturated carbocycles. The molecule has 8 aliphatic carbocycles. The van der Waals surface area contributed by atoms with E-state index in [9.17, 15) is 0 Å². The van der Waals surface area contributed by atoms with E-state index in [0.717, 1.165) is 65.0 Å². The van der Waals surface area contributed by atoms with Gasteiger partial charge < -0.3 is 4.74 Å². The zero-order valence-electron chi connectivity index (χ0n) is 10.9. The first-order valence-electron chi connectivity index (χ1n) is 8.51. The van der Waals surface area contributed by atoms with Crippen molar-refractivity contribution in [3.05, 3.63) is 0 Å². The number of ether oxygens (including phenoxy) is 1. The Morgan fingerprint density at radius 1 is 0.667 bits per heavy atom. The van der Waals surface area contributed by atoms with Crippen molar-refractivity contribution in [3.8, 4) is 0 Å². The molecule has 1 heteroatoms. The van der Waals surface area contributed by atoms with Gasteiger partial charge in [-0.1, -0.05) is 0 Å². The van der Waals surface area contributed by atoms with Crippen molar-refractivity contribution in [1.82, 2.24) is 0 Å². The van der Waals surface area contributed by atoms with Crippen LogP contribution in [0, 0.1) is 52.8 Å². The molecule has 10 fully saturated rings. The summed E-state index contributed by atoms with van der Waals surface area (Å²) in [5.41, 5.74) is 0.865. The molecule has 1 spiro atoms. The molecule has 0 aromatic rings. The van der Waals surface area contributed by atoms with Gasteiger partial charge in [0, 0.05) is 0 Å². The molecule has 4 unspecified atom stereocenters. The van der Waals surface area contributed by atoms with Gasteiger partial charge in [0.2, 0.25) is 0 Å². The SMILES string of the molecule is C1C2CC3C4OC5C6CC7CC5C3C(C2)(C7)C6C14. The van der Waals surface area contributed by atoms with Gasteiger partial charge in [0.1, 0.15) is 0 Å². The Hall–Kier alpha value is -0.0400. The van der Waals surface area contributed by atoms with E-state index in [1.807, 2.05) is 0 Å². The Kier molecular flexibility index (Phi) is 1.17. The quantitative estimate of drug-likeness (QED) is 0.634. The van der Waals surface area contributed by atoms with Crippen LogP contribution in [0.15, 0.2) is 0 Å². The predicted octanol–water partition coefficient (Wildman–Crippen LogP) is 3.09. The number of hydrogen-bond donors (Lipinski definition) is 0. The van der Waals surface area contributed by atoms with Crippen LogP contribution in [0.1, 0.15) is 38.5 Å². The van der Waals surface area contributed by atoms with Crippen molar-refractivity contribution in [1.29, 1.82) is 0 Å². The van der Waals surface area contributed by atoms with Crippen molar-refractivity contribution in [3.63, 3.8) is 0 Å². The van der Waals surface area contributed by atoms with Crippen molar-refractivity contribution in [2.24, 2.45) is 52.8 Å². The lowest BCUT2D eigenvalue weighted by molar-refractivity contribution is -0.400. The van der Waals surface area contributed by atoms with Crippen LogP contribution in [0.4, 0.5) is 0 Å². The fourth-order valence-electron chi connectivity index (χ4n) is 9.49. The average Bonchev–Trinajstić information content (AvgIpc) is 2.36. The molecule has 2 saturated heterocycles. The van der Waals surface area contributed by atoms with Gasteiger partial charge in [-0.2, -0.15) is 0 Å². The zero-order valence-corrected chi connectivity index (χ0v) is 10.9. The third-order valence-electron chi connectivity index (χ3n) is 8.93. The van der Waals surface area contributed by atoms with Gasteiger partial charge in [-0.3, -0.25) is 0 Å². The molecule has 10 rings (SSSR count). The van der Waals surface area contributed by atoms with Gasteiger partial charge >= 0.3 is 0 Å². The Labute approximate surface area is 109 Å². The van der Waals surface area contributed by atoms with E-state index in [2.05, 4.69) is 0 Å². The van der Waals surface area contributed by atoms with Crippen LogP contribution >= 0.6 is 0 Å². The molecule has 0 N–H and O–H groups in total. The maximum absolute atomic E-state index is 6.69. The summed E-state index contributed by atoms with van der Waals surface area (Å²) >= 11 is 0. The molecule has 0 radical (unpaired) electrons. The van der Waals surface area contributed by atoms with Gasteiger partial charge in [-0.05, 0) is 91.3 Å². The van der Waals surface area contributed by atoms with Gasteiger partial charge in [0.25, 0.3) is 0 Å². The zero-order chi connectivity index (χ0) is 11.2. The van der Waals surface area contributed by atoms with E-state index in [4.69, 9.17) is 4.74 Å². The van der Waals surface area contributed by atoms with Crippen LogP contribution in [0.25, 0.3) is 0 Å². The van der Waals surface area contributed by atoms with Crippen LogP contribution in [-0.4, -0.2) is 12.2 Å². The maximum atomic E-state index is 6.69. The van der Waals surface area contributed by atoms with Crippen LogP contribution in [0.2, 0.25) is 0 Å². The summed E-state index contributed by atoms with van der Waals surface area (Å²) in [4.78, 5) is 0. The lowest BCUT2D eigenvalue weighted by Crippen LogP contribution is -2.80. The van der Waals surface area contributed by atoms with Crippen LogP contribution < -0.4 is 0 Å². The fraction of sp³-hybridized carbons (Fsp3) is 1.00. The molecule has 1 nitrogen and oxygen atoms in total. The standard InChI is InChI=1S/C17H22O/c1-7-2-10-14-12-4-8-3-11-13(17(14,5-7)6-8)9(1)15(10)18-16(11)12/h7-16H,1-6H2. The second-order valence-electron chi connectivity index (χ2n) is 9.09. The molecule has 0 amide bonds. The fourth-order valence-corrected chi connectivity index (χ4v) is 9.49. The third kappa shape index (κ3) is 0.653. The van der Waals surface area contributed by atoms with Gasteiger partial charge in [0.15, 0.2) is 0 Å². The van der Waals surface area contributed by atoms with E-state index in [0.29, 0.717) is 0 Å². The molecule has 0 aromatic carbocycles. The van der Waals surface area contributed by atoms with Crippen LogP contribution in [-0.2, 0) is 4.74 Å². The van der Waals surface area contributed by atoms with Gasteiger partial charge in [0.05, 0.1) is 12.2 Å². The van der Waals surface area contributed by atoms with Crippen molar-refractivity contribution in [2.75, 3.05) is 0 Å². The van der Waals surface area contributed by atoms with E-state index in [1.54, 1.807) is 38.5 Å². The topological polar surface area (TPSA) is 9.23 Å². The number of hydrogen-bond acceptors (Lipinski definition) is 1. The summed E-state index contributed by atoms with van der Waals surface area (Å²) in [7, 11) is 0. The highest BCUT2D eigenvalue weighted by Gasteiger charge is 2.78. The molecule has 4 atom stereocenters. The minimum absolute atomic E-state index is 0.733. The molecule has 2 aliphatic heterocycles. The maximum Gasteiger partial charge on any atom is 0.0641 e. The Bertz CT molecular complexity index is 400. The molecular weight excluding hydrogens is 220 g/mol. The van der Waals surface area contributed by atoms with Crippen molar-refractivity contribution < 1.29 is 4.74 Å². The van der Waals surface area contributed by atoms with Crippen LogP contribution in [0.3, 0.4) is 0 Å². The molecule has 2 heterocycles. The lowest BCUT2D eigenvalue weighted by atomic mass is 9.26. The summed E-state index contributed by atoms with van der Waals surface area (Å²) in [6.07, 6.45) is 11.0. The van der Waals surface area contributed by atoms with Gasteiger partial charge in [-0.25, -0.2) is 0 Å². The first-order chi connectivity index (χ1) is 8.85. The molecule has 0 aromatic heterocycles. The van der Waals surface area contributed by atoms with Gasteiger partial charge in [-0.15, -0.1) is 0 Å². The summed E-state index contributed by atoms with van der Waals surface area (Å²) in [5.74, 6) is 8.54. The highest BCUT2D eigenvalue weighted by molar-refractivity contribution is 5.26. The Balaban J connectivity index is 1.56. The van der Waals surface area contributed by atoms with Crippen LogP contribution in [0.5, 0.6) is 0 Å². The monoisotopic (exact) mass is 242 g/mol. The summed E-state index contributed by atoms with van der Waals surface area (Å²) in [5, 5.41) is 0. The molecule has 96 valence electrons. The third-order valence-corrected chi connectivity index (χ3v) is 8.93. The van der Waals surface area contributed by atoms with E-state index in [-0.39, 0.29) is 0 Å². The second-order valence-corrected chi connectivity index (χ2v) is 9.09. The normalized spacial score (nSPS) is 80.0. The minimum Gasteiger partial charge on any atom is -0.374 e. The van der Waals surface area contributed by atoms with Crippen molar-refractivity contribution in [2.45, 2.75) is 50.7 Å². The van der Waals surface area contributed by atoms with Crippen molar-refractivity contribution >= 4 is 0 Å². The lowest BCUT2D eigenvalue weighted by Gasteiger charge is -2.82. The first kappa shape index (κ1) is 9.00. The molecule has 10 aliphatic rings. The molecule has 18 heavy (non-hydrogen) atoms. The van der Waals surface area contributed by atoms with E-state index < -0.39 is 0 Å². The summed E-state index contributed by atoms with van der Waals surface area (Å²) < 4.78 is 6.69. The predicted molar refractivity (Wildman–Crippen MR) is 66.7 cm³/mol. The van der Waals surface area contributed by atoms with E-state index in [1.165, 1.54) is 0 Å². The highest BCUT2D eigenvalue weighted by atomic mass is 16.5.